The molecule has 1 aliphatic rings. The number of rotatable bonds is 0. The smallest absolute Gasteiger partial charge is 0.0466 e. The fraction of sp³-hybridized carbons (Fsp3) is 1.00. The van der Waals surface area contributed by atoms with E-state index in [2.05, 4.69) is 0 Å². The Morgan fingerprint density at radius 2 is 1.00 bits per heavy atom. The highest BCUT2D eigenvalue weighted by Gasteiger charge is 1.94. The summed E-state index contributed by atoms with van der Waals surface area (Å²) in [6.45, 7) is 2.00. The van der Waals surface area contributed by atoms with Gasteiger partial charge in [-0.1, -0.05) is 0 Å². The van der Waals surface area contributed by atoms with Crippen LogP contribution in [-0.4, -0.2) is 13.2 Å². The topological polar surface area (TPSA) is 9.23 Å². The molecule has 1 fully saturated rings. The normalized spacial score (nSPS) is 13.3. The van der Waals surface area contributed by atoms with Crippen molar-refractivity contribution in [3.8, 4) is 0 Å². The van der Waals surface area contributed by atoms with Gasteiger partial charge in [0.25, 0.3) is 0 Å². The zero-order chi connectivity index (χ0) is 3.54. The molecule has 1 aliphatic heterocycles. The molecule has 0 amide bonds. The van der Waals surface area contributed by atoms with Gasteiger partial charge in [-0.25, -0.2) is 0 Å². The van der Waals surface area contributed by atoms with Gasteiger partial charge in [0.05, 0.1) is 0 Å². The molecule has 62 valence electrons. The molecule has 1 rings (SSSR count). The first-order chi connectivity index (χ1) is 2.50. The van der Waals surface area contributed by atoms with Gasteiger partial charge >= 0.3 is 0 Å². The van der Waals surface area contributed by atoms with Crippen LogP contribution in [0.1, 0.15) is 12.8 Å². The molecule has 9 heavy (non-hydrogen) atoms. The third-order valence-electron chi connectivity index (χ3n) is 0.827. The highest BCUT2D eigenvalue weighted by molar-refractivity contribution is 5.86. The van der Waals surface area contributed by atoms with E-state index in [0.29, 0.717) is 0 Å². The summed E-state index contributed by atoms with van der Waals surface area (Å²) in [5.41, 5.74) is 0. The molecule has 1 nitrogen and oxygen atoms in total. The van der Waals surface area contributed by atoms with Crippen molar-refractivity contribution in [3.63, 3.8) is 0 Å². The van der Waals surface area contributed by atoms with Crippen molar-refractivity contribution in [1.82, 2.24) is 0 Å². The Hall–Kier alpha value is 1.12. The standard InChI is InChI=1S/C4H8O.4ClH/c1-2-4-5-3-1;;;;/h1-4H2;4*1H. The summed E-state index contributed by atoms with van der Waals surface area (Å²) in [4.78, 5) is 0. The molecule has 5 heteroatoms. The molecule has 1 heterocycles. The van der Waals surface area contributed by atoms with Crippen molar-refractivity contribution < 1.29 is 4.74 Å². The maximum absolute atomic E-state index is 4.94. The van der Waals surface area contributed by atoms with E-state index in [9.17, 15) is 0 Å². The summed E-state index contributed by atoms with van der Waals surface area (Å²) < 4.78 is 4.94. The van der Waals surface area contributed by atoms with Crippen molar-refractivity contribution in [2.45, 2.75) is 12.8 Å². The zero-order valence-corrected chi connectivity index (χ0v) is 8.14. The van der Waals surface area contributed by atoms with Gasteiger partial charge in [-0.3, -0.25) is 0 Å². The first-order valence-corrected chi connectivity index (χ1v) is 2.08. The molecule has 0 saturated carbocycles. The molecule has 0 spiro atoms. The Kier molecular flexibility index (Phi) is 40.1. The van der Waals surface area contributed by atoms with Crippen LogP contribution in [0, 0.1) is 0 Å². The van der Waals surface area contributed by atoms with E-state index in [1.165, 1.54) is 12.8 Å². The first kappa shape index (κ1) is 22.5. The Balaban J connectivity index is -0.0000000312. The second-order valence-electron chi connectivity index (χ2n) is 1.32. The average molecular weight is 218 g/mol. The predicted octanol–water partition coefficient (Wildman–Crippen LogP) is 2.48. The van der Waals surface area contributed by atoms with E-state index >= 15 is 0 Å². The van der Waals surface area contributed by atoms with Gasteiger partial charge in [-0.15, -0.1) is 49.6 Å². The lowest BCUT2D eigenvalue weighted by Crippen LogP contribution is -1.74. The Bertz CT molecular complexity index is 24.1. The van der Waals surface area contributed by atoms with Crippen molar-refractivity contribution in [2.24, 2.45) is 0 Å². The minimum Gasteiger partial charge on any atom is -0.381 e. The second-order valence-corrected chi connectivity index (χ2v) is 1.32. The van der Waals surface area contributed by atoms with Crippen LogP contribution in [0.4, 0.5) is 0 Å². The van der Waals surface area contributed by atoms with Crippen LogP contribution in [0.2, 0.25) is 0 Å². The minimum atomic E-state index is 0. The van der Waals surface area contributed by atoms with E-state index < -0.39 is 0 Å². The Labute approximate surface area is 80.6 Å². The minimum absolute atomic E-state index is 0. The SMILES string of the molecule is C1CCOC1.Cl.Cl.Cl.Cl. The van der Waals surface area contributed by atoms with Gasteiger partial charge in [0.1, 0.15) is 0 Å². The molecule has 0 radical (unpaired) electrons. The lowest BCUT2D eigenvalue weighted by Gasteiger charge is -1.76. The van der Waals surface area contributed by atoms with Gasteiger partial charge < -0.3 is 4.74 Å². The van der Waals surface area contributed by atoms with E-state index in [1.807, 2.05) is 0 Å². The van der Waals surface area contributed by atoms with Gasteiger partial charge in [0.15, 0.2) is 0 Å². The molecular weight excluding hydrogens is 206 g/mol. The number of hydrogen-bond donors (Lipinski definition) is 0. The van der Waals surface area contributed by atoms with Crippen molar-refractivity contribution in [2.75, 3.05) is 13.2 Å². The molecule has 0 aromatic rings. The van der Waals surface area contributed by atoms with Crippen LogP contribution < -0.4 is 0 Å². The lowest BCUT2D eigenvalue weighted by molar-refractivity contribution is 0.198. The van der Waals surface area contributed by atoms with Gasteiger partial charge in [-0.2, -0.15) is 0 Å². The van der Waals surface area contributed by atoms with Crippen LogP contribution in [0.5, 0.6) is 0 Å². The molecular formula is C4H12Cl4O. The molecule has 0 N–H and O–H groups in total. The van der Waals surface area contributed by atoms with Crippen LogP contribution in [0.15, 0.2) is 0 Å². The summed E-state index contributed by atoms with van der Waals surface area (Å²) in [5.74, 6) is 0. The lowest BCUT2D eigenvalue weighted by atomic mass is 10.4. The Morgan fingerprint density at radius 1 is 0.667 bits per heavy atom. The molecule has 0 atom stereocenters. The van der Waals surface area contributed by atoms with Crippen LogP contribution in [0.25, 0.3) is 0 Å². The van der Waals surface area contributed by atoms with Crippen LogP contribution in [-0.2, 0) is 4.74 Å². The van der Waals surface area contributed by atoms with Crippen molar-refractivity contribution >= 4 is 49.6 Å². The molecule has 1 saturated heterocycles. The predicted molar refractivity (Wildman–Crippen MR) is 49.0 cm³/mol. The number of halogens is 4. The molecule has 0 unspecified atom stereocenters. The quantitative estimate of drug-likeness (QED) is 0.606. The first-order valence-electron chi connectivity index (χ1n) is 2.08. The molecule has 0 aromatic heterocycles. The fourth-order valence-electron chi connectivity index (χ4n) is 0.510. The summed E-state index contributed by atoms with van der Waals surface area (Å²) in [5, 5.41) is 0. The fourth-order valence-corrected chi connectivity index (χ4v) is 0.510. The summed E-state index contributed by atoms with van der Waals surface area (Å²) in [6, 6.07) is 0. The number of ether oxygens (including phenoxy) is 1. The highest BCUT2D eigenvalue weighted by atomic mass is 35.5. The maximum Gasteiger partial charge on any atom is 0.0466 e. The largest absolute Gasteiger partial charge is 0.381 e. The number of hydrogen-bond acceptors (Lipinski definition) is 1. The van der Waals surface area contributed by atoms with Gasteiger partial charge in [-0.05, 0) is 12.8 Å². The summed E-state index contributed by atoms with van der Waals surface area (Å²) >= 11 is 0. The van der Waals surface area contributed by atoms with Crippen molar-refractivity contribution in [3.05, 3.63) is 0 Å². The third-order valence-corrected chi connectivity index (χ3v) is 0.827. The monoisotopic (exact) mass is 216 g/mol. The summed E-state index contributed by atoms with van der Waals surface area (Å²) in [6.07, 6.45) is 2.56. The van der Waals surface area contributed by atoms with E-state index in [-0.39, 0.29) is 49.6 Å². The third kappa shape index (κ3) is 12.3. The van der Waals surface area contributed by atoms with Gasteiger partial charge in [0.2, 0.25) is 0 Å². The summed E-state index contributed by atoms with van der Waals surface area (Å²) in [7, 11) is 0. The van der Waals surface area contributed by atoms with Gasteiger partial charge in [0, 0.05) is 13.2 Å². The second kappa shape index (κ2) is 16.1. The molecule has 0 aliphatic carbocycles. The van der Waals surface area contributed by atoms with Crippen LogP contribution >= 0.6 is 49.6 Å². The molecule has 0 bridgehead atoms. The van der Waals surface area contributed by atoms with E-state index in [0.717, 1.165) is 13.2 Å². The Morgan fingerprint density at radius 3 is 1.11 bits per heavy atom. The van der Waals surface area contributed by atoms with E-state index in [1.54, 1.807) is 0 Å². The van der Waals surface area contributed by atoms with Crippen LogP contribution in [0.3, 0.4) is 0 Å². The zero-order valence-electron chi connectivity index (χ0n) is 4.87. The maximum atomic E-state index is 4.94. The van der Waals surface area contributed by atoms with Crippen molar-refractivity contribution in [1.29, 1.82) is 0 Å². The average Bonchev–Trinajstić information content (AvgIpc) is 1.76. The molecule has 0 aromatic carbocycles. The van der Waals surface area contributed by atoms with E-state index in [4.69, 9.17) is 4.74 Å². The highest BCUT2D eigenvalue weighted by Crippen LogP contribution is 1.98.